The van der Waals surface area contributed by atoms with Gasteiger partial charge in [0, 0.05) is 12.6 Å². The van der Waals surface area contributed by atoms with E-state index in [4.69, 9.17) is 0 Å². The fraction of sp³-hybridized carbons (Fsp3) is 0.538. The fourth-order valence-electron chi connectivity index (χ4n) is 1.87. The first-order chi connectivity index (χ1) is 6.77. The summed E-state index contributed by atoms with van der Waals surface area (Å²) in [6.45, 7) is 5.44. The summed E-state index contributed by atoms with van der Waals surface area (Å²) < 4.78 is 0. The third-order valence-corrected chi connectivity index (χ3v) is 3.40. The number of rotatable bonds is 3. The monoisotopic (exact) mass is 189 g/mol. The normalized spacial score (nSPS) is 16.7. The van der Waals surface area contributed by atoms with Crippen molar-refractivity contribution in [3.05, 3.63) is 34.9 Å². The van der Waals surface area contributed by atoms with Crippen molar-refractivity contribution in [2.24, 2.45) is 0 Å². The highest BCUT2D eigenvalue weighted by Crippen LogP contribution is 2.19. The molecule has 0 unspecified atom stereocenters. The first-order valence-corrected chi connectivity index (χ1v) is 5.56. The Bertz CT molecular complexity index is 313. The molecule has 0 radical (unpaired) electrons. The third kappa shape index (κ3) is 1.98. The molecule has 0 atom stereocenters. The molecule has 14 heavy (non-hydrogen) atoms. The molecule has 1 heteroatoms. The van der Waals surface area contributed by atoms with Crippen LogP contribution in [0.5, 0.6) is 0 Å². The number of hydrogen-bond donors (Lipinski definition) is 1. The molecular formula is C13H19N. The highest BCUT2D eigenvalue weighted by molar-refractivity contribution is 5.32. The molecule has 1 nitrogen and oxygen atoms in total. The van der Waals surface area contributed by atoms with E-state index < -0.39 is 0 Å². The van der Waals surface area contributed by atoms with Crippen molar-refractivity contribution >= 4 is 0 Å². The van der Waals surface area contributed by atoms with Gasteiger partial charge in [-0.25, -0.2) is 0 Å². The molecule has 1 aliphatic carbocycles. The van der Waals surface area contributed by atoms with Crippen molar-refractivity contribution in [3.63, 3.8) is 0 Å². The van der Waals surface area contributed by atoms with Gasteiger partial charge in [-0.2, -0.15) is 0 Å². The lowest BCUT2D eigenvalue weighted by molar-refractivity contribution is 0.338. The molecule has 0 spiro atoms. The van der Waals surface area contributed by atoms with E-state index in [1.165, 1.54) is 36.0 Å². The summed E-state index contributed by atoms with van der Waals surface area (Å²) in [5, 5.41) is 3.60. The van der Waals surface area contributed by atoms with E-state index in [-0.39, 0.29) is 0 Å². The molecule has 0 bridgehead atoms. The molecule has 0 aromatic heterocycles. The Morgan fingerprint density at radius 1 is 1.29 bits per heavy atom. The minimum atomic E-state index is 0.787. The minimum absolute atomic E-state index is 0.787. The van der Waals surface area contributed by atoms with Gasteiger partial charge in [0.15, 0.2) is 0 Å². The van der Waals surface area contributed by atoms with Crippen LogP contribution in [0.1, 0.15) is 36.0 Å². The summed E-state index contributed by atoms with van der Waals surface area (Å²) in [4.78, 5) is 0. The second-order valence-electron chi connectivity index (χ2n) is 4.37. The Morgan fingerprint density at radius 3 is 2.71 bits per heavy atom. The van der Waals surface area contributed by atoms with E-state index in [0.717, 1.165) is 12.6 Å². The molecule has 1 aromatic carbocycles. The molecule has 1 saturated carbocycles. The maximum Gasteiger partial charge on any atom is 0.0210 e. The number of aryl methyl sites for hydroxylation is 1. The zero-order chi connectivity index (χ0) is 9.97. The standard InChI is InChI=1S/C13H19N/c1-10-5-3-6-12(11(10)2)9-14-13-7-4-8-13/h3,5-6,13-14H,4,7-9H2,1-2H3. The molecular weight excluding hydrogens is 170 g/mol. The quantitative estimate of drug-likeness (QED) is 0.771. The van der Waals surface area contributed by atoms with Crippen LogP contribution in [-0.2, 0) is 6.54 Å². The van der Waals surface area contributed by atoms with Crippen LogP contribution in [0.3, 0.4) is 0 Å². The van der Waals surface area contributed by atoms with E-state index >= 15 is 0 Å². The lowest BCUT2D eigenvalue weighted by Crippen LogP contribution is -2.34. The topological polar surface area (TPSA) is 12.0 Å². The van der Waals surface area contributed by atoms with Gasteiger partial charge < -0.3 is 5.32 Å². The molecule has 0 aliphatic heterocycles. The van der Waals surface area contributed by atoms with Crippen molar-refractivity contribution in [3.8, 4) is 0 Å². The van der Waals surface area contributed by atoms with Crippen LogP contribution in [-0.4, -0.2) is 6.04 Å². The van der Waals surface area contributed by atoms with Crippen LogP contribution >= 0.6 is 0 Å². The molecule has 1 aliphatic rings. The van der Waals surface area contributed by atoms with Gasteiger partial charge in [-0.05, 0) is 43.4 Å². The van der Waals surface area contributed by atoms with Crippen LogP contribution in [0.2, 0.25) is 0 Å². The molecule has 1 N–H and O–H groups in total. The van der Waals surface area contributed by atoms with Crippen molar-refractivity contribution < 1.29 is 0 Å². The van der Waals surface area contributed by atoms with Crippen LogP contribution in [0.4, 0.5) is 0 Å². The van der Waals surface area contributed by atoms with Gasteiger partial charge in [-0.15, -0.1) is 0 Å². The molecule has 1 fully saturated rings. The van der Waals surface area contributed by atoms with Gasteiger partial charge in [0.05, 0.1) is 0 Å². The molecule has 2 rings (SSSR count). The Labute approximate surface area is 86.5 Å². The zero-order valence-electron chi connectivity index (χ0n) is 9.14. The number of nitrogens with one attached hydrogen (secondary N) is 1. The highest BCUT2D eigenvalue weighted by atomic mass is 14.9. The van der Waals surface area contributed by atoms with Crippen LogP contribution < -0.4 is 5.32 Å². The molecule has 0 amide bonds. The predicted octanol–water partition coefficient (Wildman–Crippen LogP) is 2.95. The summed E-state index contributed by atoms with van der Waals surface area (Å²) in [6.07, 6.45) is 4.14. The average molecular weight is 189 g/mol. The van der Waals surface area contributed by atoms with Crippen LogP contribution in [0, 0.1) is 13.8 Å². The lowest BCUT2D eigenvalue weighted by atomic mass is 9.92. The second-order valence-corrected chi connectivity index (χ2v) is 4.37. The maximum absolute atomic E-state index is 3.60. The summed E-state index contributed by atoms with van der Waals surface area (Å²) in [7, 11) is 0. The Balaban J connectivity index is 1.97. The van der Waals surface area contributed by atoms with Crippen molar-refractivity contribution in [1.82, 2.24) is 5.32 Å². The minimum Gasteiger partial charge on any atom is -0.310 e. The second kappa shape index (κ2) is 4.14. The van der Waals surface area contributed by atoms with E-state index in [9.17, 15) is 0 Å². The highest BCUT2D eigenvalue weighted by Gasteiger charge is 2.16. The van der Waals surface area contributed by atoms with Gasteiger partial charge in [0.25, 0.3) is 0 Å². The first-order valence-electron chi connectivity index (χ1n) is 5.56. The van der Waals surface area contributed by atoms with Crippen molar-refractivity contribution in [2.45, 2.75) is 45.7 Å². The van der Waals surface area contributed by atoms with Gasteiger partial charge in [-0.3, -0.25) is 0 Å². The largest absolute Gasteiger partial charge is 0.310 e. The summed E-state index contributed by atoms with van der Waals surface area (Å²) in [5.74, 6) is 0. The van der Waals surface area contributed by atoms with Gasteiger partial charge >= 0.3 is 0 Å². The first kappa shape index (κ1) is 9.72. The SMILES string of the molecule is Cc1cccc(CNC2CCC2)c1C. The van der Waals surface area contributed by atoms with E-state index in [2.05, 4.69) is 37.4 Å². The smallest absolute Gasteiger partial charge is 0.0210 e. The Kier molecular flexibility index (Phi) is 2.87. The average Bonchev–Trinajstić information content (AvgIpc) is 2.09. The number of benzene rings is 1. The third-order valence-electron chi connectivity index (χ3n) is 3.40. The fourth-order valence-corrected chi connectivity index (χ4v) is 1.87. The summed E-state index contributed by atoms with van der Waals surface area (Å²) in [6, 6.07) is 7.35. The van der Waals surface area contributed by atoms with E-state index in [0.29, 0.717) is 0 Å². The summed E-state index contributed by atoms with van der Waals surface area (Å²) in [5.41, 5.74) is 4.30. The van der Waals surface area contributed by atoms with Gasteiger partial charge in [-0.1, -0.05) is 24.6 Å². The van der Waals surface area contributed by atoms with E-state index in [1.54, 1.807) is 0 Å². The molecule has 76 valence electrons. The number of hydrogen-bond acceptors (Lipinski definition) is 1. The molecule has 0 heterocycles. The van der Waals surface area contributed by atoms with Crippen LogP contribution in [0.25, 0.3) is 0 Å². The lowest BCUT2D eigenvalue weighted by Gasteiger charge is -2.27. The van der Waals surface area contributed by atoms with Gasteiger partial charge in [0.2, 0.25) is 0 Å². The van der Waals surface area contributed by atoms with E-state index in [1.807, 2.05) is 0 Å². The molecule has 0 saturated heterocycles. The molecule has 1 aromatic rings. The van der Waals surface area contributed by atoms with Crippen molar-refractivity contribution in [2.75, 3.05) is 0 Å². The zero-order valence-corrected chi connectivity index (χ0v) is 9.14. The van der Waals surface area contributed by atoms with Crippen molar-refractivity contribution in [1.29, 1.82) is 0 Å². The van der Waals surface area contributed by atoms with Crippen LogP contribution in [0.15, 0.2) is 18.2 Å². The summed E-state index contributed by atoms with van der Waals surface area (Å²) >= 11 is 0. The van der Waals surface area contributed by atoms with Gasteiger partial charge in [0.1, 0.15) is 0 Å². The Hall–Kier alpha value is -0.820. The maximum atomic E-state index is 3.60. The Morgan fingerprint density at radius 2 is 2.07 bits per heavy atom. The predicted molar refractivity (Wildman–Crippen MR) is 60.4 cm³/mol.